The van der Waals surface area contributed by atoms with E-state index in [4.69, 9.17) is 9.15 Å². The maximum Gasteiger partial charge on any atom is 0.310 e. The monoisotopic (exact) mass is 182 g/mol. The van der Waals surface area contributed by atoms with Gasteiger partial charge in [-0.15, -0.1) is 0 Å². The van der Waals surface area contributed by atoms with Gasteiger partial charge in [0.05, 0.1) is 18.9 Å². The summed E-state index contributed by atoms with van der Waals surface area (Å²) in [5.74, 6) is -0.228. The van der Waals surface area contributed by atoms with Gasteiger partial charge >= 0.3 is 5.97 Å². The van der Waals surface area contributed by atoms with Crippen molar-refractivity contribution in [3.8, 4) is 0 Å². The SMILES string of the molecule is CC(C)(C)OC(=O)Cc1ccoc1. The molecule has 72 valence electrons. The van der Waals surface area contributed by atoms with Crippen LogP contribution < -0.4 is 0 Å². The Hall–Kier alpha value is -1.25. The Bertz CT molecular complexity index is 267. The van der Waals surface area contributed by atoms with Gasteiger partial charge in [-0.3, -0.25) is 4.79 Å². The van der Waals surface area contributed by atoms with Crippen molar-refractivity contribution in [2.24, 2.45) is 0 Å². The minimum absolute atomic E-state index is 0.228. The Balaban J connectivity index is 2.43. The lowest BCUT2D eigenvalue weighted by Gasteiger charge is -2.19. The van der Waals surface area contributed by atoms with Crippen LogP contribution in [0.25, 0.3) is 0 Å². The summed E-state index contributed by atoms with van der Waals surface area (Å²) in [4.78, 5) is 11.3. The van der Waals surface area contributed by atoms with Gasteiger partial charge in [-0.05, 0) is 26.8 Å². The first-order chi connectivity index (χ1) is 5.97. The topological polar surface area (TPSA) is 39.4 Å². The number of esters is 1. The van der Waals surface area contributed by atoms with Gasteiger partial charge in [-0.25, -0.2) is 0 Å². The van der Waals surface area contributed by atoms with Crippen molar-refractivity contribution in [1.29, 1.82) is 0 Å². The minimum atomic E-state index is -0.416. The highest BCUT2D eigenvalue weighted by atomic mass is 16.6. The van der Waals surface area contributed by atoms with Crippen molar-refractivity contribution < 1.29 is 13.9 Å². The zero-order valence-electron chi connectivity index (χ0n) is 8.16. The second-order valence-corrected chi connectivity index (χ2v) is 3.89. The number of furan rings is 1. The van der Waals surface area contributed by atoms with E-state index in [2.05, 4.69) is 0 Å². The van der Waals surface area contributed by atoms with Crippen LogP contribution in [0.2, 0.25) is 0 Å². The first-order valence-corrected chi connectivity index (χ1v) is 4.20. The van der Waals surface area contributed by atoms with E-state index in [0.29, 0.717) is 0 Å². The van der Waals surface area contributed by atoms with Crippen molar-refractivity contribution in [2.75, 3.05) is 0 Å². The average molecular weight is 182 g/mol. The molecule has 1 heterocycles. The fraction of sp³-hybridized carbons (Fsp3) is 0.500. The van der Waals surface area contributed by atoms with Crippen LogP contribution in [0, 0.1) is 0 Å². The number of ether oxygens (including phenoxy) is 1. The number of hydrogen-bond acceptors (Lipinski definition) is 3. The molecule has 13 heavy (non-hydrogen) atoms. The second-order valence-electron chi connectivity index (χ2n) is 3.89. The molecule has 3 nitrogen and oxygen atoms in total. The molecule has 0 aliphatic heterocycles. The summed E-state index contributed by atoms with van der Waals surface area (Å²) in [7, 11) is 0. The molecule has 1 aromatic heterocycles. The predicted octanol–water partition coefficient (Wildman–Crippen LogP) is 2.16. The molecule has 0 saturated carbocycles. The van der Waals surface area contributed by atoms with Gasteiger partial charge < -0.3 is 9.15 Å². The van der Waals surface area contributed by atoms with E-state index < -0.39 is 5.60 Å². The number of carbonyl (C=O) groups is 1. The van der Waals surface area contributed by atoms with E-state index in [-0.39, 0.29) is 12.4 Å². The third kappa shape index (κ3) is 3.78. The van der Waals surface area contributed by atoms with Crippen LogP contribution in [0.1, 0.15) is 26.3 Å². The van der Waals surface area contributed by atoms with Gasteiger partial charge in [0.15, 0.2) is 0 Å². The molecule has 0 saturated heterocycles. The normalized spacial score (nSPS) is 11.3. The molecule has 0 aliphatic rings. The third-order valence-electron chi connectivity index (χ3n) is 1.35. The zero-order chi connectivity index (χ0) is 9.90. The van der Waals surface area contributed by atoms with Crippen LogP contribution in [0.15, 0.2) is 23.0 Å². The minimum Gasteiger partial charge on any atom is -0.472 e. The zero-order valence-corrected chi connectivity index (χ0v) is 8.16. The molecule has 0 N–H and O–H groups in total. The number of carbonyl (C=O) groups excluding carboxylic acids is 1. The van der Waals surface area contributed by atoms with Crippen molar-refractivity contribution in [2.45, 2.75) is 32.8 Å². The molecule has 0 atom stereocenters. The van der Waals surface area contributed by atoms with Crippen molar-refractivity contribution in [3.05, 3.63) is 24.2 Å². The summed E-state index contributed by atoms with van der Waals surface area (Å²) in [5.41, 5.74) is 0.426. The fourth-order valence-electron chi connectivity index (χ4n) is 0.937. The molecule has 0 aromatic carbocycles. The molecule has 0 aliphatic carbocycles. The summed E-state index contributed by atoms with van der Waals surface area (Å²) in [5, 5.41) is 0. The van der Waals surface area contributed by atoms with Gasteiger partial charge in [-0.2, -0.15) is 0 Å². The van der Waals surface area contributed by atoms with E-state index >= 15 is 0 Å². The molecule has 0 fully saturated rings. The summed E-state index contributed by atoms with van der Waals surface area (Å²) < 4.78 is 9.97. The highest BCUT2D eigenvalue weighted by Gasteiger charge is 2.16. The van der Waals surface area contributed by atoms with E-state index in [1.54, 1.807) is 18.6 Å². The fourth-order valence-corrected chi connectivity index (χ4v) is 0.937. The lowest BCUT2D eigenvalue weighted by atomic mass is 10.2. The molecule has 1 aromatic rings. The molecule has 0 bridgehead atoms. The largest absolute Gasteiger partial charge is 0.472 e. The Kier molecular flexibility index (Phi) is 2.76. The van der Waals surface area contributed by atoms with Crippen LogP contribution in [-0.4, -0.2) is 11.6 Å². The molecular weight excluding hydrogens is 168 g/mol. The van der Waals surface area contributed by atoms with E-state index in [9.17, 15) is 4.79 Å². The lowest BCUT2D eigenvalue weighted by Crippen LogP contribution is -2.24. The molecule has 0 radical (unpaired) electrons. The maximum absolute atomic E-state index is 11.3. The highest BCUT2D eigenvalue weighted by Crippen LogP contribution is 2.10. The quantitative estimate of drug-likeness (QED) is 0.658. The van der Waals surface area contributed by atoms with Crippen LogP contribution in [-0.2, 0) is 16.0 Å². The molecule has 0 spiro atoms. The Labute approximate surface area is 77.7 Å². The van der Waals surface area contributed by atoms with Crippen molar-refractivity contribution >= 4 is 5.97 Å². The van der Waals surface area contributed by atoms with Crippen LogP contribution in [0.3, 0.4) is 0 Å². The summed E-state index contributed by atoms with van der Waals surface area (Å²) in [6.07, 6.45) is 3.36. The molecule has 3 heteroatoms. The van der Waals surface area contributed by atoms with E-state index in [0.717, 1.165) is 5.56 Å². The van der Waals surface area contributed by atoms with Crippen molar-refractivity contribution in [3.63, 3.8) is 0 Å². The summed E-state index contributed by atoms with van der Waals surface area (Å²) >= 11 is 0. The summed E-state index contributed by atoms with van der Waals surface area (Å²) in [6.45, 7) is 5.54. The van der Waals surface area contributed by atoms with Crippen molar-refractivity contribution in [1.82, 2.24) is 0 Å². The molecule has 0 unspecified atom stereocenters. The van der Waals surface area contributed by atoms with E-state index in [1.165, 1.54) is 0 Å². The molecule has 1 rings (SSSR count). The van der Waals surface area contributed by atoms with Gasteiger partial charge in [0.1, 0.15) is 5.60 Å². The highest BCUT2D eigenvalue weighted by molar-refractivity contribution is 5.72. The van der Waals surface area contributed by atoms with Crippen LogP contribution >= 0.6 is 0 Å². The van der Waals surface area contributed by atoms with E-state index in [1.807, 2.05) is 20.8 Å². The van der Waals surface area contributed by atoms with Crippen LogP contribution in [0.4, 0.5) is 0 Å². The van der Waals surface area contributed by atoms with Gasteiger partial charge in [0.2, 0.25) is 0 Å². The number of rotatable bonds is 2. The Morgan fingerprint density at radius 2 is 2.23 bits per heavy atom. The smallest absolute Gasteiger partial charge is 0.310 e. The first kappa shape index (κ1) is 9.84. The summed E-state index contributed by atoms with van der Waals surface area (Å²) in [6, 6.07) is 1.75. The van der Waals surface area contributed by atoms with Gasteiger partial charge in [0, 0.05) is 5.56 Å². The van der Waals surface area contributed by atoms with Gasteiger partial charge in [0.25, 0.3) is 0 Å². The molecular formula is C10H14O3. The van der Waals surface area contributed by atoms with Gasteiger partial charge in [-0.1, -0.05) is 0 Å². The van der Waals surface area contributed by atoms with Crippen LogP contribution in [0.5, 0.6) is 0 Å². The first-order valence-electron chi connectivity index (χ1n) is 4.20. The number of hydrogen-bond donors (Lipinski definition) is 0. The average Bonchev–Trinajstić information content (AvgIpc) is 2.34. The Morgan fingerprint density at radius 3 is 2.69 bits per heavy atom. The maximum atomic E-state index is 11.3. The molecule has 0 amide bonds. The third-order valence-corrected chi connectivity index (χ3v) is 1.35. The predicted molar refractivity (Wildman–Crippen MR) is 48.3 cm³/mol. The standard InChI is InChI=1S/C10H14O3/c1-10(2,3)13-9(11)6-8-4-5-12-7-8/h4-5,7H,6H2,1-3H3. The lowest BCUT2D eigenvalue weighted by molar-refractivity contribution is -0.153. The Morgan fingerprint density at radius 1 is 1.54 bits per heavy atom. The second kappa shape index (κ2) is 3.64.